The topological polar surface area (TPSA) is 66.4 Å². The lowest BCUT2D eigenvalue weighted by molar-refractivity contribution is -0.0117. The van der Waals surface area contributed by atoms with Gasteiger partial charge in [-0.1, -0.05) is 0 Å². The highest BCUT2D eigenvalue weighted by Crippen LogP contribution is 2.31. The van der Waals surface area contributed by atoms with Crippen LogP contribution in [0, 0.1) is 26.6 Å². The van der Waals surface area contributed by atoms with Crippen molar-refractivity contribution in [2.24, 2.45) is 0 Å². The molecule has 8 heteroatoms. The van der Waals surface area contributed by atoms with Crippen LogP contribution in [0.1, 0.15) is 35.3 Å². The zero-order chi connectivity index (χ0) is 23.1. The number of ether oxygens (including phenoxy) is 1. The average molecular weight is 451 g/mol. The zero-order valence-corrected chi connectivity index (χ0v) is 19.7. The summed E-state index contributed by atoms with van der Waals surface area (Å²) in [6, 6.07) is 5.55. The minimum Gasteiger partial charge on any atom is -0.378 e. The Labute approximate surface area is 194 Å². The first-order valence-electron chi connectivity index (χ1n) is 11.6. The van der Waals surface area contributed by atoms with E-state index >= 15 is 0 Å². The van der Waals surface area contributed by atoms with Gasteiger partial charge < -0.3 is 15.0 Å². The Hall–Kier alpha value is -2.84. The molecule has 4 heterocycles. The van der Waals surface area contributed by atoms with E-state index in [1.807, 2.05) is 33.9 Å². The highest BCUT2D eigenvalue weighted by molar-refractivity contribution is 5.94. The van der Waals surface area contributed by atoms with E-state index in [-0.39, 0.29) is 11.9 Å². The smallest absolute Gasteiger partial charge is 0.157 e. The number of morpholine rings is 1. The molecule has 1 aromatic carbocycles. The van der Waals surface area contributed by atoms with Crippen molar-refractivity contribution in [2.45, 2.75) is 39.8 Å². The van der Waals surface area contributed by atoms with Crippen LogP contribution in [0.15, 0.2) is 24.4 Å². The normalized spacial score (nSPS) is 20.0. The van der Waals surface area contributed by atoms with Crippen LogP contribution in [-0.4, -0.2) is 65.5 Å². The molecule has 2 aliphatic rings. The molecular formula is C25H31FN6O. The molecule has 33 heavy (non-hydrogen) atoms. The predicted molar refractivity (Wildman–Crippen MR) is 128 cm³/mol. The highest BCUT2D eigenvalue weighted by Gasteiger charge is 2.30. The molecule has 5 rings (SSSR count). The Balaban J connectivity index is 1.46. The van der Waals surface area contributed by atoms with Crippen molar-refractivity contribution >= 4 is 22.4 Å². The van der Waals surface area contributed by atoms with Crippen molar-refractivity contribution in [1.82, 2.24) is 20.1 Å². The molecule has 0 bridgehead atoms. The van der Waals surface area contributed by atoms with Gasteiger partial charge in [0.05, 0.1) is 31.0 Å². The van der Waals surface area contributed by atoms with Crippen molar-refractivity contribution in [1.29, 1.82) is 0 Å². The molecule has 0 aliphatic carbocycles. The minimum absolute atomic E-state index is 0.126. The van der Waals surface area contributed by atoms with E-state index in [1.165, 1.54) is 0 Å². The van der Waals surface area contributed by atoms with Crippen LogP contribution in [0.5, 0.6) is 0 Å². The van der Waals surface area contributed by atoms with Gasteiger partial charge in [-0.15, -0.1) is 5.10 Å². The standard InChI is InChI=1S/C25H31FN6O/c1-15-9-19(26)10-21(16(15)2)17(3)28-25-22-11-24(27-12-23(22)18(4)29-30-25)32-6-5-31-7-8-33-14-20(31)13-32/h9-12,17,20H,5-8,13-14H2,1-4H3,(H,28,30)/t17-,20+/m1/s1. The van der Waals surface area contributed by atoms with Crippen LogP contribution in [0.25, 0.3) is 10.8 Å². The van der Waals surface area contributed by atoms with Gasteiger partial charge in [-0.2, -0.15) is 5.10 Å². The molecular weight excluding hydrogens is 419 g/mol. The third kappa shape index (κ3) is 4.25. The number of benzene rings is 1. The number of pyridine rings is 1. The number of nitrogens with one attached hydrogen (secondary N) is 1. The molecule has 174 valence electrons. The summed E-state index contributed by atoms with van der Waals surface area (Å²) in [5, 5.41) is 14.2. The third-order valence-corrected chi connectivity index (χ3v) is 7.09. The fourth-order valence-corrected chi connectivity index (χ4v) is 4.97. The molecule has 0 saturated carbocycles. The van der Waals surface area contributed by atoms with Crippen LogP contribution in [0.4, 0.5) is 16.0 Å². The number of hydrogen-bond donors (Lipinski definition) is 1. The molecule has 3 aromatic rings. The Morgan fingerprint density at radius 3 is 2.79 bits per heavy atom. The fourth-order valence-electron chi connectivity index (χ4n) is 4.97. The number of anilines is 2. The second-order valence-corrected chi connectivity index (χ2v) is 9.24. The third-order valence-electron chi connectivity index (χ3n) is 7.09. The highest BCUT2D eigenvalue weighted by atomic mass is 19.1. The summed E-state index contributed by atoms with van der Waals surface area (Å²) >= 11 is 0. The number of hydrogen-bond acceptors (Lipinski definition) is 7. The number of fused-ring (bicyclic) bond motifs is 2. The van der Waals surface area contributed by atoms with Crippen molar-refractivity contribution in [3.63, 3.8) is 0 Å². The molecule has 2 aliphatic heterocycles. The van der Waals surface area contributed by atoms with Crippen LogP contribution in [0.2, 0.25) is 0 Å². The minimum atomic E-state index is -0.223. The van der Waals surface area contributed by atoms with Crippen molar-refractivity contribution in [2.75, 3.05) is 49.6 Å². The van der Waals surface area contributed by atoms with E-state index in [0.717, 1.165) is 78.4 Å². The molecule has 0 spiro atoms. The van der Waals surface area contributed by atoms with Gasteiger partial charge >= 0.3 is 0 Å². The number of aromatic nitrogens is 3. The number of rotatable bonds is 4. The summed E-state index contributed by atoms with van der Waals surface area (Å²) in [5.74, 6) is 1.40. The van der Waals surface area contributed by atoms with Crippen LogP contribution >= 0.6 is 0 Å². The largest absolute Gasteiger partial charge is 0.378 e. The van der Waals surface area contributed by atoms with Gasteiger partial charge in [-0.05, 0) is 62.6 Å². The SMILES string of the molecule is Cc1cc(F)cc([C@@H](C)Nc2nnc(C)c3cnc(N4CCN5CCOC[C@@H]5C4)cc23)c1C. The average Bonchev–Trinajstić information content (AvgIpc) is 2.82. The number of nitrogens with zero attached hydrogens (tertiary/aromatic N) is 5. The van der Waals surface area contributed by atoms with E-state index in [2.05, 4.69) is 31.4 Å². The molecule has 2 fully saturated rings. The molecule has 2 atom stereocenters. The van der Waals surface area contributed by atoms with Crippen molar-refractivity contribution in [3.05, 3.63) is 52.6 Å². The first kappa shape index (κ1) is 22.0. The number of aryl methyl sites for hydroxylation is 2. The van der Waals surface area contributed by atoms with Gasteiger partial charge in [0.15, 0.2) is 5.82 Å². The fraction of sp³-hybridized carbons (Fsp3) is 0.480. The zero-order valence-electron chi connectivity index (χ0n) is 19.7. The number of halogens is 1. The molecule has 2 aromatic heterocycles. The first-order chi connectivity index (χ1) is 15.9. The first-order valence-corrected chi connectivity index (χ1v) is 11.6. The van der Waals surface area contributed by atoms with E-state index in [0.29, 0.717) is 11.9 Å². The molecule has 0 radical (unpaired) electrons. The molecule has 2 saturated heterocycles. The van der Waals surface area contributed by atoms with Crippen LogP contribution in [0.3, 0.4) is 0 Å². The van der Waals surface area contributed by atoms with Gasteiger partial charge in [0, 0.05) is 43.1 Å². The lowest BCUT2D eigenvalue weighted by Crippen LogP contribution is -2.58. The van der Waals surface area contributed by atoms with Crippen molar-refractivity contribution < 1.29 is 9.13 Å². The van der Waals surface area contributed by atoms with E-state index in [4.69, 9.17) is 9.72 Å². The van der Waals surface area contributed by atoms with E-state index < -0.39 is 0 Å². The summed E-state index contributed by atoms with van der Waals surface area (Å²) in [4.78, 5) is 9.61. The monoisotopic (exact) mass is 450 g/mol. The van der Waals surface area contributed by atoms with Gasteiger partial charge in [-0.3, -0.25) is 4.90 Å². The molecule has 7 nitrogen and oxygen atoms in total. The maximum absolute atomic E-state index is 14.1. The summed E-state index contributed by atoms with van der Waals surface area (Å²) < 4.78 is 19.8. The van der Waals surface area contributed by atoms with E-state index in [1.54, 1.807) is 12.1 Å². The lowest BCUT2D eigenvalue weighted by atomic mass is 9.98. The van der Waals surface area contributed by atoms with Gasteiger partial charge in [0.25, 0.3) is 0 Å². The summed E-state index contributed by atoms with van der Waals surface area (Å²) in [5.41, 5.74) is 3.78. The Bertz CT molecular complexity index is 1190. The maximum Gasteiger partial charge on any atom is 0.157 e. The summed E-state index contributed by atoms with van der Waals surface area (Å²) in [7, 11) is 0. The molecule has 0 unspecified atom stereocenters. The van der Waals surface area contributed by atoms with Crippen molar-refractivity contribution in [3.8, 4) is 0 Å². The quantitative estimate of drug-likeness (QED) is 0.649. The van der Waals surface area contributed by atoms with Crippen LogP contribution in [-0.2, 0) is 4.74 Å². The van der Waals surface area contributed by atoms with Crippen LogP contribution < -0.4 is 10.2 Å². The number of piperazine rings is 1. The van der Waals surface area contributed by atoms with E-state index in [9.17, 15) is 4.39 Å². The second kappa shape index (κ2) is 8.83. The summed E-state index contributed by atoms with van der Waals surface area (Å²) in [6.45, 7) is 13.4. The maximum atomic E-state index is 14.1. The van der Waals surface area contributed by atoms with Gasteiger partial charge in [0.1, 0.15) is 11.6 Å². The summed E-state index contributed by atoms with van der Waals surface area (Å²) in [6.07, 6.45) is 1.89. The second-order valence-electron chi connectivity index (χ2n) is 9.24. The van der Waals surface area contributed by atoms with Gasteiger partial charge in [0.2, 0.25) is 0 Å². The van der Waals surface area contributed by atoms with Gasteiger partial charge in [-0.25, -0.2) is 9.37 Å². The Kier molecular flexibility index (Phi) is 5.88. The Morgan fingerprint density at radius 2 is 1.94 bits per heavy atom. The molecule has 1 N–H and O–H groups in total. The molecule has 0 amide bonds. The lowest BCUT2D eigenvalue weighted by Gasteiger charge is -2.44. The predicted octanol–water partition coefficient (Wildman–Crippen LogP) is 3.78. The Morgan fingerprint density at radius 1 is 1.09 bits per heavy atom.